The molecule has 93 heavy (non-hydrogen) atoms. The van der Waals surface area contributed by atoms with Crippen LogP contribution in [0.3, 0.4) is 0 Å². The zero-order valence-corrected chi connectivity index (χ0v) is 55.2. The number of sulfonamides is 2. The molecule has 0 fully saturated rings. The number of unbranched alkanes of at least 4 members (excludes halogenated alkanes) is 2. The molecule has 2 atom stereocenters. The predicted molar refractivity (Wildman–Crippen MR) is 357 cm³/mol. The number of nitro benzene ring substituents is 1. The summed E-state index contributed by atoms with van der Waals surface area (Å²) in [4.78, 5) is 11.8. The Morgan fingerprint density at radius 2 is 1.05 bits per heavy atom. The topological polar surface area (TPSA) is 237 Å². The highest BCUT2D eigenvalue weighted by Gasteiger charge is 2.44. The maximum atomic E-state index is 13.9. The smallest absolute Gasteiger partial charge is 0.279 e. The monoisotopic (exact) mass is 1300 g/mol. The Morgan fingerprint density at radius 3 is 1.54 bits per heavy atom. The number of fused-ring (bicyclic) bond motifs is 4. The first-order valence-electron chi connectivity index (χ1n) is 32.2. The standard InChI is InChI=1S/C36H40N4O7S.C36H44N4O4S/c1-46-30-13-9-26(10-14-30)24-39(25-27-11-15-31(47-2)16-12-27)48(44,45)33-18-22-38(37-33)21-5-3-4-19-36(41)20-17-29-23-28-7-6-8-32(28)35(34(29)36)40(42)43;1-43-31-16-10-26(11-17-31)24-40(25-27-12-18-32(44-2)19-13-27)45(41,42)34-20-22-39(38-34)21-5-3-4-7-28-14-15-30-23-29-8-6-9-33(29)36(37)35(28)30/h3-4,9-16,18,22-23,41H,5-8,17,19-21,24-25H2,1-2H3;10-13,16-20,22-23,28H,3-9,14-15,21,24-25,37H2,1-2H3/b4-3-;. The van der Waals surface area contributed by atoms with E-state index < -0.39 is 25.6 Å². The fraction of sp³-hybridized carbons (Fsp3) is 0.389. The molecule has 21 heteroatoms. The Kier molecular flexibility index (Phi) is 20.8. The van der Waals surface area contributed by atoms with Gasteiger partial charge in [-0.05, 0) is 212 Å². The second-order valence-corrected chi connectivity index (χ2v) is 28.5. The molecule has 8 aromatic rings. The molecule has 0 saturated heterocycles. The van der Waals surface area contributed by atoms with Crippen LogP contribution in [0.1, 0.15) is 137 Å². The van der Waals surface area contributed by atoms with Gasteiger partial charge in [0.15, 0.2) is 10.1 Å². The average molecular weight is 1300 g/mol. The molecule has 0 amide bonds. The normalized spacial score (nSPS) is 16.5. The van der Waals surface area contributed by atoms with Crippen molar-refractivity contribution >= 4 is 31.4 Å². The van der Waals surface area contributed by atoms with Crippen LogP contribution >= 0.6 is 0 Å². The number of aromatic nitrogens is 4. The van der Waals surface area contributed by atoms with Crippen molar-refractivity contribution in [3.8, 4) is 23.0 Å². The maximum Gasteiger partial charge on any atom is 0.279 e. The van der Waals surface area contributed by atoms with E-state index in [4.69, 9.17) is 24.7 Å². The number of nitrogens with zero attached hydrogens (tertiary/aromatic N) is 7. The molecule has 0 bridgehead atoms. The van der Waals surface area contributed by atoms with Crippen molar-refractivity contribution in [3.05, 3.63) is 223 Å². The quantitative estimate of drug-likeness (QED) is 0.0153. The number of methoxy groups -OCH3 is 4. The van der Waals surface area contributed by atoms with Gasteiger partial charge >= 0.3 is 0 Å². The number of nitro groups is 1. The van der Waals surface area contributed by atoms with Crippen LogP contribution in [-0.4, -0.2) is 83.5 Å². The van der Waals surface area contributed by atoms with Crippen molar-refractivity contribution in [3.63, 3.8) is 0 Å². The zero-order chi connectivity index (χ0) is 65.3. The molecule has 4 aliphatic carbocycles. The van der Waals surface area contributed by atoms with Crippen molar-refractivity contribution in [2.45, 2.75) is 164 Å². The van der Waals surface area contributed by atoms with E-state index in [9.17, 15) is 32.1 Å². The van der Waals surface area contributed by atoms with Crippen LogP contribution in [0.4, 0.5) is 11.4 Å². The molecule has 12 rings (SSSR count). The first kappa shape index (κ1) is 66.1. The summed E-state index contributed by atoms with van der Waals surface area (Å²) < 4.78 is 82.9. The largest absolute Gasteiger partial charge is 0.497 e. The summed E-state index contributed by atoms with van der Waals surface area (Å²) in [5.74, 6) is 3.38. The minimum absolute atomic E-state index is 0.0507. The Bertz CT molecular complexity index is 4070. The minimum Gasteiger partial charge on any atom is -0.497 e. The van der Waals surface area contributed by atoms with Crippen molar-refractivity contribution in [2.24, 2.45) is 0 Å². The highest BCUT2D eigenvalue weighted by Crippen LogP contribution is 2.49. The van der Waals surface area contributed by atoms with Crippen LogP contribution in [0.5, 0.6) is 23.0 Å². The second kappa shape index (κ2) is 29.3. The average Bonchev–Trinajstić information content (AvgIpc) is 1.64. The lowest BCUT2D eigenvalue weighted by molar-refractivity contribution is -0.387. The van der Waals surface area contributed by atoms with Crippen LogP contribution in [0.25, 0.3) is 0 Å². The molecule has 4 aliphatic rings. The van der Waals surface area contributed by atoms with Gasteiger partial charge in [0.2, 0.25) is 0 Å². The summed E-state index contributed by atoms with van der Waals surface area (Å²) in [5.41, 5.74) is 18.9. The SMILES string of the molecule is COc1ccc(CN(Cc2ccc(OC)cc2)S(=O)(=O)c2ccn(CC/C=C\CC3(O)CCc4cc5c(c([N+](=O)[O-])c43)CCC5)n2)cc1.COc1ccc(CN(Cc2ccc(OC)cc2)S(=O)(=O)c2ccn(CCCCCC3CCc4cc5c(c(N)c43)CCC5)n2)cc1. The molecule has 490 valence electrons. The molecule has 2 unspecified atom stereocenters. The third-order valence-corrected chi connectivity index (χ3v) is 22.1. The molecule has 6 aromatic carbocycles. The number of hydrogen-bond acceptors (Lipinski definition) is 14. The molecule has 2 heterocycles. The van der Waals surface area contributed by atoms with Crippen molar-refractivity contribution in [1.82, 2.24) is 28.2 Å². The molecule has 19 nitrogen and oxygen atoms in total. The van der Waals surface area contributed by atoms with Gasteiger partial charge in [-0.2, -0.15) is 18.8 Å². The van der Waals surface area contributed by atoms with E-state index in [0.717, 1.165) is 107 Å². The first-order valence-corrected chi connectivity index (χ1v) is 35.1. The Hall–Kier alpha value is -8.34. The molecule has 0 aliphatic heterocycles. The Balaban J connectivity index is 0.000000191. The highest BCUT2D eigenvalue weighted by atomic mass is 32.2. The van der Waals surface area contributed by atoms with E-state index in [1.165, 1.54) is 56.2 Å². The first-order chi connectivity index (χ1) is 45.0. The third kappa shape index (κ3) is 15.2. The number of aryl methyl sites for hydroxylation is 6. The number of nitrogens with two attached hydrogens (primary N) is 1. The number of hydrogen-bond donors (Lipinski definition) is 2. The number of nitrogen functional groups attached to an aromatic ring is 1. The summed E-state index contributed by atoms with van der Waals surface area (Å²) in [6.45, 7) is 1.81. The van der Waals surface area contributed by atoms with Crippen molar-refractivity contribution in [2.75, 3.05) is 34.2 Å². The second-order valence-electron chi connectivity index (χ2n) is 24.7. The summed E-state index contributed by atoms with van der Waals surface area (Å²) in [7, 11) is -1.45. The van der Waals surface area contributed by atoms with Gasteiger partial charge in [-0.1, -0.05) is 85.7 Å². The third-order valence-electron chi connectivity index (χ3n) is 18.7. The Labute approximate surface area is 546 Å². The molecule has 2 aromatic heterocycles. The lowest BCUT2D eigenvalue weighted by Crippen LogP contribution is -2.30. The maximum absolute atomic E-state index is 13.9. The Morgan fingerprint density at radius 1 is 0.591 bits per heavy atom. The van der Waals surface area contributed by atoms with Crippen LogP contribution in [0.2, 0.25) is 0 Å². The van der Waals surface area contributed by atoms with Gasteiger partial charge in [0.05, 0.1) is 38.9 Å². The zero-order valence-electron chi connectivity index (χ0n) is 53.5. The van der Waals surface area contributed by atoms with E-state index in [1.807, 2.05) is 84.9 Å². The number of benzene rings is 6. The van der Waals surface area contributed by atoms with Crippen molar-refractivity contribution < 1.29 is 45.8 Å². The van der Waals surface area contributed by atoms with E-state index in [0.29, 0.717) is 61.8 Å². The van der Waals surface area contributed by atoms with Gasteiger partial charge in [-0.25, -0.2) is 16.8 Å². The van der Waals surface area contributed by atoms with Crippen molar-refractivity contribution in [1.29, 1.82) is 0 Å². The lowest BCUT2D eigenvalue weighted by atomic mass is 9.88. The van der Waals surface area contributed by atoms with Gasteiger partial charge in [-0.3, -0.25) is 19.5 Å². The van der Waals surface area contributed by atoms with E-state index in [-0.39, 0.29) is 53.3 Å². The molecule has 0 spiro atoms. The van der Waals surface area contributed by atoms with E-state index in [2.05, 4.69) is 22.3 Å². The predicted octanol–water partition coefficient (Wildman–Crippen LogP) is 12.5. The van der Waals surface area contributed by atoms with Gasteiger partial charge in [-0.15, -0.1) is 0 Å². The van der Waals surface area contributed by atoms with E-state index in [1.54, 1.807) is 80.5 Å². The number of allylic oxidation sites excluding steroid dienone is 1. The van der Waals surface area contributed by atoms with Crippen LogP contribution in [0.15, 0.2) is 156 Å². The summed E-state index contributed by atoms with van der Waals surface area (Å²) in [5, 5.41) is 32.6. The van der Waals surface area contributed by atoms with E-state index >= 15 is 0 Å². The fourth-order valence-corrected chi connectivity index (χ4v) is 16.5. The fourth-order valence-electron chi connectivity index (χ4n) is 13.8. The number of rotatable bonds is 28. The van der Waals surface area contributed by atoms with Crippen LogP contribution in [0, 0.1) is 10.1 Å². The lowest BCUT2D eigenvalue weighted by Gasteiger charge is -2.23. The molecule has 0 saturated carbocycles. The summed E-state index contributed by atoms with van der Waals surface area (Å²) in [6.07, 6.45) is 21.7. The van der Waals surface area contributed by atoms with Gasteiger partial charge in [0.25, 0.3) is 25.7 Å². The molecule has 0 radical (unpaired) electrons. The number of anilines is 1. The number of aliphatic hydroxyl groups is 1. The van der Waals surface area contributed by atoms with Crippen LogP contribution < -0.4 is 24.7 Å². The molecular weight excluding hydrogens is 1220 g/mol. The van der Waals surface area contributed by atoms with Gasteiger partial charge in [0, 0.05) is 62.9 Å². The van der Waals surface area contributed by atoms with Crippen LogP contribution in [-0.2, 0) is 103 Å². The molecular formula is C72H84N8O11S2. The number of ether oxygens (including phenoxy) is 4. The summed E-state index contributed by atoms with van der Waals surface area (Å²) >= 11 is 0. The minimum atomic E-state index is -3.97. The summed E-state index contributed by atoms with van der Waals surface area (Å²) in [6, 6.07) is 37.1. The van der Waals surface area contributed by atoms with Gasteiger partial charge < -0.3 is 29.8 Å². The molecule has 3 N–H and O–H groups in total. The highest BCUT2D eigenvalue weighted by molar-refractivity contribution is 7.89. The van der Waals surface area contributed by atoms with Gasteiger partial charge in [0.1, 0.15) is 28.6 Å².